The number of carbonyl (C=O) groups is 1. The minimum absolute atomic E-state index is 0. The number of amides is 1. The van der Waals surface area contributed by atoms with Crippen molar-refractivity contribution in [3.63, 3.8) is 0 Å². The number of nitrogens with one attached hydrogen (secondary N) is 1. The zero-order chi connectivity index (χ0) is 20.7. The number of terminal acetylenes is 1. The van der Waals surface area contributed by atoms with Crippen molar-refractivity contribution in [3.8, 4) is 12.3 Å². The summed E-state index contributed by atoms with van der Waals surface area (Å²) < 4.78 is 25.2. The van der Waals surface area contributed by atoms with E-state index >= 15 is 0 Å². The van der Waals surface area contributed by atoms with Crippen LogP contribution in [0.2, 0.25) is 5.02 Å². The standard InChI is InChI=1S/C20H28ClN3O3S.ClH/c1-4-11-23(12-5-2)15-16-9-10-17(14-18(16)21)22-20(25)19-8-6-7-13-24(19)28(3,26)27;/h1,9-10,14,19H,5-8,11-13,15H2,2-3H3,(H,22,25);1H/t19-;/m1./s1. The molecule has 162 valence electrons. The summed E-state index contributed by atoms with van der Waals surface area (Å²) in [5, 5.41) is 3.35. The van der Waals surface area contributed by atoms with E-state index in [0.29, 0.717) is 36.8 Å². The third-order valence-corrected chi connectivity index (χ3v) is 6.39. The molecule has 1 heterocycles. The fourth-order valence-electron chi connectivity index (χ4n) is 3.44. The summed E-state index contributed by atoms with van der Waals surface area (Å²) in [5.74, 6) is 2.33. The lowest BCUT2D eigenvalue weighted by atomic mass is 10.0. The Morgan fingerprint density at radius 3 is 2.72 bits per heavy atom. The molecule has 6 nitrogen and oxygen atoms in total. The Hall–Kier alpha value is -1.30. The highest BCUT2D eigenvalue weighted by atomic mass is 35.5. The summed E-state index contributed by atoms with van der Waals surface area (Å²) in [5.41, 5.74) is 1.48. The van der Waals surface area contributed by atoms with Gasteiger partial charge in [0.1, 0.15) is 6.04 Å². The number of sulfonamides is 1. The van der Waals surface area contributed by atoms with Crippen LogP contribution < -0.4 is 5.32 Å². The number of carbonyl (C=O) groups excluding carboxylic acids is 1. The number of anilines is 1. The van der Waals surface area contributed by atoms with Crippen molar-refractivity contribution in [2.45, 2.75) is 45.2 Å². The molecule has 0 spiro atoms. The number of hydrogen-bond donors (Lipinski definition) is 1. The molecule has 0 saturated carbocycles. The predicted molar refractivity (Wildman–Crippen MR) is 121 cm³/mol. The van der Waals surface area contributed by atoms with Gasteiger partial charge in [0.2, 0.25) is 15.9 Å². The second-order valence-corrected chi connectivity index (χ2v) is 9.44. The topological polar surface area (TPSA) is 69.7 Å². The second-order valence-electron chi connectivity index (χ2n) is 7.10. The quantitative estimate of drug-likeness (QED) is 0.602. The van der Waals surface area contributed by atoms with Gasteiger partial charge in [0, 0.05) is 23.8 Å². The van der Waals surface area contributed by atoms with Crippen molar-refractivity contribution < 1.29 is 13.2 Å². The lowest BCUT2D eigenvalue weighted by molar-refractivity contribution is -0.120. The van der Waals surface area contributed by atoms with E-state index in [1.807, 2.05) is 6.07 Å². The zero-order valence-corrected chi connectivity index (χ0v) is 19.2. The van der Waals surface area contributed by atoms with Gasteiger partial charge < -0.3 is 5.32 Å². The molecule has 1 saturated heterocycles. The molecule has 0 aromatic heterocycles. The van der Waals surface area contributed by atoms with Crippen molar-refractivity contribution in [1.29, 1.82) is 0 Å². The predicted octanol–water partition coefficient (Wildman–Crippen LogP) is 3.36. The molecule has 1 atom stereocenters. The van der Waals surface area contributed by atoms with Crippen molar-refractivity contribution in [2.75, 3.05) is 31.2 Å². The van der Waals surface area contributed by atoms with Crippen molar-refractivity contribution in [2.24, 2.45) is 0 Å². The maximum atomic E-state index is 12.7. The van der Waals surface area contributed by atoms with Gasteiger partial charge in [-0.3, -0.25) is 9.69 Å². The lowest BCUT2D eigenvalue weighted by Crippen LogP contribution is -2.49. The molecular formula is C20H29Cl2N3O3S. The number of benzene rings is 1. The molecule has 1 fully saturated rings. The van der Waals surface area contributed by atoms with Crippen LogP contribution in [0.25, 0.3) is 0 Å². The SMILES string of the molecule is C#CCN(CCC)Cc1ccc(NC(=O)[C@H]2CCCCN2S(C)(=O)=O)cc1Cl.Cl. The summed E-state index contributed by atoms with van der Waals surface area (Å²) in [6.45, 7) is 4.52. The molecule has 1 N–H and O–H groups in total. The molecule has 9 heteroatoms. The third kappa shape index (κ3) is 7.47. The van der Waals surface area contributed by atoms with Crippen molar-refractivity contribution in [3.05, 3.63) is 28.8 Å². The molecule has 1 amide bonds. The van der Waals surface area contributed by atoms with E-state index < -0.39 is 16.1 Å². The summed E-state index contributed by atoms with van der Waals surface area (Å²) in [4.78, 5) is 14.8. The third-order valence-electron chi connectivity index (χ3n) is 4.75. The van der Waals surface area contributed by atoms with Gasteiger partial charge in [-0.1, -0.05) is 36.9 Å². The van der Waals surface area contributed by atoms with Gasteiger partial charge in [0.15, 0.2) is 0 Å². The molecule has 0 aliphatic carbocycles. The average Bonchev–Trinajstić information content (AvgIpc) is 2.63. The first-order chi connectivity index (χ1) is 13.3. The monoisotopic (exact) mass is 461 g/mol. The Bertz CT molecular complexity index is 840. The Balaban J connectivity index is 0.00000420. The van der Waals surface area contributed by atoms with E-state index in [2.05, 4.69) is 23.1 Å². The van der Waals surface area contributed by atoms with Crippen LogP contribution in [0.15, 0.2) is 18.2 Å². The highest BCUT2D eigenvalue weighted by Crippen LogP contribution is 2.25. The summed E-state index contributed by atoms with van der Waals surface area (Å²) in [6.07, 6.45) is 9.67. The molecule has 0 bridgehead atoms. The summed E-state index contributed by atoms with van der Waals surface area (Å²) in [7, 11) is -3.43. The van der Waals surface area contributed by atoms with Crippen molar-refractivity contribution >= 4 is 45.6 Å². The fourth-order valence-corrected chi connectivity index (χ4v) is 4.81. The van der Waals surface area contributed by atoms with E-state index in [0.717, 1.165) is 37.6 Å². The van der Waals surface area contributed by atoms with Crippen LogP contribution in [0.3, 0.4) is 0 Å². The number of nitrogens with zero attached hydrogens (tertiary/aromatic N) is 2. The van der Waals surface area contributed by atoms with E-state index in [1.165, 1.54) is 4.31 Å². The van der Waals surface area contributed by atoms with E-state index in [9.17, 15) is 13.2 Å². The van der Waals surface area contributed by atoms with Crippen LogP contribution in [0.4, 0.5) is 5.69 Å². The molecule has 1 aliphatic heterocycles. The van der Waals surface area contributed by atoms with Gasteiger partial charge in [-0.2, -0.15) is 4.31 Å². The van der Waals surface area contributed by atoms with Crippen LogP contribution in [0.1, 0.15) is 38.2 Å². The average molecular weight is 462 g/mol. The van der Waals surface area contributed by atoms with Gasteiger partial charge in [0.25, 0.3) is 0 Å². The number of hydrogen-bond acceptors (Lipinski definition) is 4. The zero-order valence-electron chi connectivity index (χ0n) is 16.9. The first-order valence-electron chi connectivity index (χ1n) is 9.48. The first-order valence-corrected chi connectivity index (χ1v) is 11.7. The lowest BCUT2D eigenvalue weighted by Gasteiger charge is -2.32. The van der Waals surface area contributed by atoms with Gasteiger partial charge >= 0.3 is 0 Å². The molecule has 1 aromatic rings. The Kier molecular flexibility index (Phi) is 10.4. The molecule has 1 aromatic carbocycles. The number of rotatable bonds is 8. The normalized spacial score (nSPS) is 17.4. The van der Waals surface area contributed by atoms with Crippen LogP contribution in [-0.2, 0) is 21.4 Å². The number of halogens is 2. The molecule has 29 heavy (non-hydrogen) atoms. The minimum Gasteiger partial charge on any atom is -0.325 e. The molecule has 0 unspecified atom stereocenters. The Morgan fingerprint density at radius 2 is 2.14 bits per heavy atom. The van der Waals surface area contributed by atoms with Gasteiger partial charge in [0.05, 0.1) is 12.8 Å². The Labute approximate surface area is 185 Å². The first kappa shape index (κ1) is 25.7. The van der Waals surface area contributed by atoms with Crippen LogP contribution >= 0.6 is 24.0 Å². The minimum atomic E-state index is -3.43. The summed E-state index contributed by atoms with van der Waals surface area (Å²) >= 11 is 6.41. The van der Waals surface area contributed by atoms with Crippen molar-refractivity contribution in [1.82, 2.24) is 9.21 Å². The van der Waals surface area contributed by atoms with Crippen LogP contribution in [0, 0.1) is 12.3 Å². The molecule has 2 rings (SSSR count). The highest BCUT2D eigenvalue weighted by Gasteiger charge is 2.34. The second kappa shape index (κ2) is 11.8. The maximum Gasteiger partial charge on any atom is 0.242 e. The van der Waals surface area contributed by atoms with Gasteiger partial charge in [-0.15, -0.1) is 18.8 Å². The fraction of sp³-hybridized carbons (Fsp3) is 0.550. The van der Waals surface area contributed by atoms with Gasteiger partial charge in [-0.05, 0) is 43.5 Å². The van der Waals surface area contributed by atoms with E-state index in [-0.39, 0.29) is 18.3 Å². The number of piperidine rings is 1. The van der Waals surface area contributed by atoms with Gasteiger partial charge in [-0.25, -0.2) is 8.42 Å². The molecular weight excluding hydrogens is 433 g/mol. The van der Waals surface area contributed by atoms with E-state index in [4.69, 9.17) is 18.0 Å². The highest BCUT2D eigenvalue weighted by molar-refractivity contribution is 7.88. The summed E-state index contributed by atoms with van der Waals surface area (Å²) in [6, 6.07) is 4.67. The Morgan fingerprint density at radius 1 is 1.41 bits per heavy atom. The van der Waals surface area contributed by atoms with Crippen LogP contribution in [-0.4, -0.2) is 55.5 Å². The largest absolute Gasteiger partial charge is 0.325 e. The van der Waals surface area contributed by atoms with E-state index in [1.54, 1.807) is 12.1 Å². The molecule has 1 aliphatic rings. The molecule has 0 radical (unpaired) electrons. The smallest absolute Gasteiger partial charge is 0.242 e. The van der Waals surface area contributed by atoms with Crippen LogP contribution in [0.5, 0.6) is 0 Å². The maximum absolute atomic E-state index is 12.7.